The second-order valence-corrected chi connectivity index (χ2v) is 12.6. The molecule has 0 unspecified atom stereocenters. The number of nitrogens with zero attached hydrogens (tertiary/aromatic N) is 2. The highest BCUT2D eigenvalue weighted by molar-refractivity contribution is 7.89. The lowest BCUT2D eigenvalue weighted by atomic mass is 10.0. The molecule has 234 valence electrons. The maximum absolute atomic E-state index is 13.6. The third-order valence-corrected chi connectivity index (χ3v) is 8.65. The van der Waals surface area contributed by atoms with E-state index >= 15 is 0 Å². The van der Waals surface area contributed by atoms with Crippen LogP contribution in [0.1, 0.15) is 48.4 Å². The summed E-state index contributed by atoms with van der Waals surface area (Å²) in [5, 5.41) is 5.42. The fourth-order valence-corrected chi connectivity index (χ4v) is 5.90. The van der Waals surface area contributed by atoms with Gasteiger partial charge in [0.25, 0.3) is 0 Å². The summed E-state index contributed by atoms with van der Waals surface area (Å²) in [7, 11) is -2.27. The van der Waals surface area contributed by atoms with E-state index in [1.54, 1.807) is 25.3 Å². The number of primary sulfonamides is 1. The molecule has 0 atom stereocenters. The Kier molecular flexibility index (Phi) is 11.6. The molecule has 4 aromatic rings. The molecule has 4 N–H and O–H groups in total. The molecule has 0 aromatic heterocycles. The Bertz CT molecular complexity index is 1770. The zero-order chi connectivity index (χ0) is 32.4. The molecule has 0 fully saturated rings. The predicted molar refractivity (Wildman–Crippen MR) is 184 cm³/mol. The average molecular weight is 643 g/mol. The van der Waals surface area contributed by atoms with Gasteiger partial charge in [0.15, 0.2) is 0 Å². The van der Waals surface area contributed by atoms with Crippen LogP contribution in [0.15, 0.2) is 107 Å². The van der Waals surface area contributed by atoms with Crippen LogP contribution < -0.4 is 15.6 Å². The Labute approximate surface area is 270 Å². The molecule has 4 aromatic carbocycles. The van der Waals surface area contributed by atoms with Crippen LogP contribution in [-0.4, -0.2) is 43.7 Å². The van der Waals surface area contributed by atoms with E-state index in [1.165, 1.54) is 6.07 Å². The number of unbranched alkanes of at least 4 members (excludes halogenated alkanes) is 2. The Morgan fingerprint density at radius 2 is 1.60 bits per heavy atom. The molecule has 4 rings (SSSR count). The number of carbonyl (C=O) groups excluding carboxylic acids is 1. The van der Waals surface area contributed by atoms with Crippen molar-refractivity contribution in [1.29, 1.82) is 0 Å². The molecule has 0 heterocycles. The van der Waals surface area contributed by atoms with Crippen molar-refractivity contribution in [2.24, 2.45) is 15.9 Å². The molecule has 0 aliphatic carbocycles. The third kappa shape index (κ3) is 9.31. The minimum Gasteiger partial charge on any atom is -0.497 e. The number of hydrogen-bond acceptors (Lipinski definition) is 5. The minimum absolute atomic E-state index is 0.00323. The van der Waals surface area contributed by atoms with Crippen LogP contribution in [0, 0.1) is 0 Å². The number of thiocarbonyl (C=S) groups is 1. The van der Waals surface area contributed by atoms with E-state index in [9.17, 15) is 13.2 Å². The lowest BCUT2D eigenvalue weighted by molar-refractivity contribution is -0.131. The fraction of sp³-hybridized carbons (Fsp3) is 0.229. The topological polar surface area (TPSA) is 128 Å². The summed E-state index contributed by atoms with van der Waals surface area (Å²) in [5.41, 5.74) is 10.8. The first-order chi connectivity index (χ1) is 21.6. The van der Waals surface area contributed by atoms with E-state index in [-0.39, 0.29) is 17.2 Å². The summed E-state index contributed by atoms with van der Waals surface area (Å²) in [6.45, 7) is 3.18. The number of carbonyl (C=O) groups is 1. The molecule has 10 heteroatoms. The maximum Gasteiger partial charge on any atom is 0.238 e. The van der Waals surface area contributed by atoms with Gasteiger partial charge in [-0.15, -0.1) is 0 Å². The first-order valence-electron chi connectivity index (χ1n) is 14.7. The van der Waals surface area contributed by atoms with Crippen LogP contribution in [-0.2, 0) is 27.8 Å². The van der Waals surface area contributed by atoms with Crippen LogP contribution >= 0.6 is 12.2 Å². The Morgan fingerprint density at radius 3 is 2.27 bits per heavy atom. The normalized spacial score (nSPS) is 11.7. The number of nitrogens with two attached hydrogens (primary N) is 2. The smallest absolute Gasteiger partial charge is 0.238 e. The van der Waals surface area contributed by atoms with Crippen molar-refractivity contribution in [1.82, 2.24) is 4.90 Å². The molecule has 0 aliphatic heterocycles. The van der Waals surface area contributed by atoms with Crippen LogP contribution in [0.3, 0.4) is 0 Å². The number of amidine groups is 1. The lowest BCUT2D eigenvalue weighted by Gasteiger charge is -2.23. The van der Waals surface area contributed by atoms with E-state index in [0.717, 1.165) is 47.3 Å². The van der Waals surface area contributed by atoms with Gasteiger partial charge in [0.05, 0.1) is 18.4 Å². The molecule has 0 radical (unpaired) electrons. The first-order valence-corrected chi connectivity index (χ1v) is 16.6. The van der Waals surface area contributed by atoms with Crippen molar-refractivity contribution in [2.45, 2.75) is 44.0 Å². The second-order valence-electron chi connectivity index (χ2n) is 10.7. The summed E-state index contributed by atoms with van der Waals surface area (Å²) in [5.74, 6) is 1.02. The monoisotopic (exact) mass is 642 g/mol. The summed E-state index contributed by atoms with van der Waals surface area (Å²) in [6, 6.07) is 28.9. The number of ether oxygens (including phenoxy) is 1. The van der Waals surface area contributed by atoms with Gasteiger partial charge < -0.3 is 15.4 Å². The summed E-state index contributed by atoms with van der Waals surface area (Å²) in [4.78, 5) is 20.3. The second kappa shape index (κ2) is 15.6. The molecule has 0 spiro atoms. The summed E-state index contributed by atoms with van der Waals surface area (Å²) in [6.07, 6.45) is 3.16. The highest BCUT2D eigenvalue weighted by Gasteiger charge is 2.17. The van der Waals surface area contributed by atoms with Crippen molar-refractivity contribution >= 4 is 39.0 Å². The quantitative estimate of drug-likeness (QED) is 0.0815. The van der Waals surface area contributed by atoms with Gasteiger partial charge in [-0.25, -0.2) is 18.5 Å². The molecular formula is C35H38N4O4S2. The molecule has 8 nitrogen and oxygen atoms in total. The van der Waals surface area contributed by atoms with E-state index in [4.69, 9.17) is 27.8 Å². The first kappa shape index (κ1) is 33.5. The van der Waals surface area contributed by atoms with Crippen molar-refractivity contribution in [3.63, 3.8) is 0 Å². The number of sulfonamides is 1. The summed E-state index contributed by atoms with van der Waals surface area (Å²) < 4.78 is 29.3. The molecule has 0 bridgehead atoms. The number of benzene rings is 4. The highest BCUT2D eigenvalue weighted by atomic mass is 32.2. The van der Waals surface area contributed by atoms with E-state index < -0.39 is 10.0 Å². The number of hydrogen-bond donors (Lipinski definition) is 2. The SMILES string of the molecule is CCCCCN(Cc1cccc(C(N)=NC(=S)c2ccc(OC)cc2)c1)C(=O)Cc1ccc(-c2ccccc2S(N)(=O)=O)cc1. The van der Waals surface area contributed by atoms with Crippen molar-refractivity contribution < 1.29 is 17.9 Å². The summed E-state index contributed by atoms with van der Waals surface area (Å²) >= 11 is 5.50. The van der Waals surface area contributed by atoms with Crippen molar-refractivity contribution in [2.75, 3.05) is 13.7 Å². The van der Waals surface area contributed by atoms with Crippen LogP contribution in [0.4, 0.5) is 0 Å². The highest BCUT2D eigenvalue weighted by Crippen LogP contribution is 2.27. The van der Waals surface area contributed by atoms with Crippen LogP contribution in [0.2, 0.25) is 0 Å². The third-order valence-electron chi connectivity index (χ3n) is 7.35. The molecule has 45 heavy (non-hydrogen) atoms. The average Bonchev–Trinajstić information content (AvgIpc) is 3.04. The van der Waals surface area contributed by atoms with Crippen LogP contribution in [0.25, 0.3) is 11.1 Å². The lowest BCUT2D eigenvalue weighted by Crippen LogP contribution is -2.33. The van der Waals surface area contributed by atoms with Gasteiger partial charge in [-0.1, -0.05) is 92.6 Å². The number of amides is 1. The Balaban J connectivity index is 1.49. The molecular weight excluding hydrogens is 605 g/mol. The Hall–Kier alpha value is -4.38. The van der Waals surface area contributed by atoms with E-state index in [2.05, 4.69) is 11.9 Å². The largest absolute Gasteiger partial charge is 0.497 e. The van der Waals surface area contributed by atoms with Gasteiger partial charge in [0.1, 0.15) is 16.6 Å². The fourth-order valence-electron chi connectivity index (χ4n) is 4.91. The molecule has 0 saturated carbocycles. The minimum atomic E-state index is -3.88. The number of rotatable bonds is 13. The van der Waals surface area contributed by atoms with Gasteiger partial charge >= 0.3 is 0 Å². The van der Waals surface area contributed by atoms with Crippen LogP contribution in [0.5, 0.6) is 5.75 Å². The molecule has 0 aliphatic rings. The van der Waals surface area contributed by atoms with Crippen molar-refractivity contribution in [3.05, 3.63) is 119 Å². The van der Waals surface area contributed by atoms with Crippen molar-refractivity contribution in [3.8, 4) is 16.9 Å². The standard InChI is InChI=1S/C35H38N4O4S2/c1-3-4-7-21-39(33(40)23-25-13-15-27(16-14-25)31-11-5-6-12-32(31)45(37,41)42)24-26-9-8-10-29(22-26)34(36)38-35(44)28-17-19-30(43-2)20-18-28/h5-6,8-20,22H,3-4,7,21,23-24H2,1-2H3,(H2,36,38,44)(H2,37,41,42). The molecule has 1 amide bonds. The van der Waals surface area contributed by atoms with E-state index in [0.29, 0.717) is 35.0 Å². The zero-order valence-electron chi connectivity index (χ0n) is 25.5. The van der Waals surface area contributed by atoms with Gasteiger partial charge in [-0.05, 0) is 59.5 Å². The molecule has 0 saturated heterocycles. The van der Waals surface area contributed by atoms with E-state index in [1.807, 2.05) is 77.7 Å². The zero-order valence-corrected chi connectivity index (χ0v) is 27.1. The van der Waals surface area contributed by atoms with Gasteiger partial charge in [-0.2, -0.15) is 0 Å². The number of aliphatic imine (C=N–C) groups is 1. The predicted octanol–water partition coefficient (Wildman–Crippen LogP) is 5.85. The van der Waals surface area contributed by atoms with Gasteiger partial charge in [0, 0.05) is 29.8 Å². The Morgan fingerprint density at radius 1 is 0.889 bits per heavy atom. The van der Waals surface area contributed by atoms with Gasteiger partial charge in [-0.3, -0.25) is 4.79 Å². The number of methoxy groups -OCH3 is 1. The van der Waals surface area contributed by atoms with Gasteiger partial charge in [0.2, 0.25) is 15.9 Å². The maximum atomic E-state index is 13.6.